The van der Waals surface area contributed by atoms with Crippen LogP contribution in [0.2, 0.25) is 0 Å². The van der Waals surface area contributed by atoms with E-state index in [-0.39, 0.29) is 25.7 Å². The van der Waals surface area contributed by atoms with E-state index in [0.717, 1.165) is 51.4 Å². The molecule has 0 heterocycles. The van der Waals surface area contributed by atoms with Gasteiger partial charge in [0.15, 0.2) is 0 Å². The van der Waals surface area contributed by atoms with Crippen LogP contribution in [0.25, 0.3) is 0 Å². The molecule has 5 N–H and O–H groups in total. The Balaban J connectivity index is 4.25. The summed E-state index contributed by atoms with van der Waals surface area (Å²) in [6.45, 7) is 4.11. The van der Waals surface area contributed by atoms with E-state index < -0.39 is 20.0 Å². The Bertz CT molecular complexity index is 897. The lowest BCUT2D eigenvalue weighted by Gasteiger charge is -2.23. The molecular weight excluding hydrogens is 659 g/mol. The molecule has 0 aromatic carbocycles. The molecule has 0 saturated heterocycles. The predicted molar refractivity (Wildman–Crippen MR) is 217 cm³/mol. The molecular formula is C42H81N2O6P. The average molecular weight is 741 g/mol. The van der Waals surface area contributed by atoms with Gasteiger partial charge in [0.05, 0.1) is 25.4 Å². The van der Waals surface area contributed by atoms with E-state index in [4.69, 9.17) is 14.8 Å². The third-order valence-corrected chi connectivity index (χ3v) is 10.2. The summed E-state index contributed by atoms with van der Waals surface area (Å²) >= 11 is 0. The maximum atomic E-state index is 12.7. The van der Waals surface area contributed by atoms with Crippen molar-refractivity contribution in [2.45, 2.75) is 206 Å². The predicted octanol–water partition coefficient (Wildman–Crippen LogP) is 11.6. The number of aliphatic hydroxyl groups excluding tert-OH is 1. The van der Waals surface area contributed by atoms with Gasteiger partial charge in [-0.2, -0.15) is 0 Å². The summed E-state index contributed by atoms with van der Waals surface area (Å²) in [6.07, 6.45) is 44.7. The molecule has 0 bridgehead atoms. The van der Waals surface area contributed by atoms with Crippen LogP contribution in [0.15, 0.2) is 36.5 Å². The summed E-state index contributed by atoms with van der Waals surface area (Å²) in [6, 6.07) is -0.863. The van der Waals surface area contributed by atoms with Crippen LogP contribution in [0.3, 0.4) is 0 Å². The van der Waals surface area contributed by atoms with Gasteiger partial charge in [-0.15, -0.1) is 0 Å². The van der Waals surface area contributed by atoms with E-state index in [0.29, 0.717) is 6.42 Å². The first kappa shape index (κ1) is 49.7. The standard InChI is InChI=1S/C42H81N2O6P/c1-3-5-7-9-11-13-15-17-19-20-21-22-24-26-28-30-32-34-36-42(46)44-40(39-50-51(47,48)49-38-37-43)41(45)35-33-31-29-27-25-23-18-16-14-12-10-8-6-4-2/h13,15,19-20,33,35,40-41,45H,3-12,14,16-18,21-32,34,36-39,43H2,1-2H3,(H,44,46)(H,47,48)/b15-13-,20-19-,35-33+. The molecule has 1 amide bonds. The second-order valence-corrected chi connectivity index (χ2v) is 15.7. The average Bonchev–Trinajstić information content (AvgIpc) is 3.12. The molecule has 51 heavy (non-hydrogen) atoms. The Morgan fingerprint density at radius 1 is 0.647 bits per heavy atom. The van der Waals surface area contributed by atoms with E-state index in [1.54, 1.807) is 6.08 Å². The highest BCUT2D eigenvalue weighted by molar-refractivity contribution is 7.47. The summed E-state index contributed by atoms with van der Waals surface area (Å²) in [5, 5.41) is 13.6. The lowest BCUT2D eigenvalue weighted by atomic mass is 10.0. The van der Waals surface area contributed by atoms with Gasteiger partial charge in [-0.25, -0.2) is 4.57 Å². The van der Waals surface area contributed by atoms with Gasteiger partial charge in [0.25, 0.3) is 0 Å². The smallest absolute Gasteiger partial charge is 0.387 e. The number of carbonyl (C=O) groups excluding carboxylic acids is 1. The normalized spacial score (nSPS) is 14.5. The van der Waals surface area contributed by atoms with Crippen LogP contribution in [0.4, 0.5) is 0 Å². The highest BCUT2D eigenvalue weighted by Crippen LogP contribution is 2.43. The molecule has 0 fully saturated rings. The van der Waals surface area contributed by atoms with Crippen molar-refractivity contribution >= 4 is 13.7 Å². The number of unbranched alkanes of at least 4 members (excludes halogenated alkanes) is 23. The van der Waals surface area contributed by atoms with Crippen molar-refractivity contribution in [3.63, 3.8) is 0 Å². The molecule has 0 aromatic rings. The first-order valence-corrected chi connectivity index (χ1v) is 22.6. The zero-order chi connectivity index (χ0) is 37.5. The molecule has 0 radical (unpaired) electrons. The van der Waals surface area contributed by atoms with Crippen molar-refractivity contribution in [1.29, 1.82) is 0 Å². The van der Waals surface area contributed by atoms with Gasteiger partial charge >= 0.3 is 7.82 Å². The summed E-state index contributed by atoms with van der Waals surface area (Å²) in [4.78, 5) is 22.7. The molecule has 0 aromatic heterocycles. The summed E-state index contributed by atoms with van der Waals surface area (Å²) in [5.41, 5.74) is 5.37. The summed E-state index contributed by atoms with van der Waals surface area (Å²) in [5.74, 6) is -0.203. The molecule has 0 aliphatic carbocycles. The third kappa shape index (κ3) is 36.9. The van der Waals surface area contributed by atoms with Crippen LogP contribution < -0.4 is 11.1 Å². The first-order chi connectivity index (χ1) is 24.9. The molecule has 0 aliphatic heterocycles. The van der Waals surface area contributed by atoms with Crippen molar-refractivity contribution in [2.24, 2.45) is 5.73 Å². The molecule has 0 spiro atoms. The highest BCUT2D eigenvalue weighted by atomic mass is 31.2. The van der Waals surface area contributed by atoms with Crippen LogP contribution in [-0.4, -0.2) is 47.8 Å². The van der Waals surface area contributed by atoms with Crippen LogP contribution in [0.5, 0.6) is 0 Å². The number of rotatable bonds is 39. The summed E-state index contributed by atoms with van der Waals surface area (Å²) < 4.78 is 22.1. The van der Waals surface area contributed by atoms with Gasteiger partial charge in [-0.05, 0) is 51.4 Å². The van der Waals surface area contributed by atoms with Gasteiger partial charge in [0.1, 0.15) is 0 Å². The maximum absolute atomic E-state index is 12.7. The van der Waals surface area contributed by atoms with Crippen LogP contribution >= 0.6 is 7.82 Å². The Morgan fingerprint density at radius 3 is 1.57 bits per heavy atom. The van der Waals surface area contributed by atoms with Crippen LogP contribution in [-0.2, 0) is 18.4 Å². The van der Waals surface area contributed by atoms with Crippen LogP contribution in [0, 0.1) is 0 Å². The summed E-state index contributed by atoms with van der Waals surface area (Å²) in [7, 11) is -4.34. The topological polar surface area (TPSA) is 131 Å². The van der Waals surface area contributed by atoms with Crippen molar-refractivity contribution in [3.8, 4) is 0 Å². The van der Waals surface area contributed by atoms with Gasteiger partial charge in [-0.1, -0.05) is 172 Å². The largest absolute Gasteiger partial charge is 0.472 e. The van der Waals surface area contributed by atoms with Gasteiger partial charge in [0.2, 0.25) is 5.91 Å². The molecule has 0 saturated carbocycles. The molecule has 0 aliphatic rings. The van der Waals surface area contributed by atoms with Gasteiger partial charge < -0.3 is 21.1 Å². The lowest BCUT2D eigenvalue weighted by Crippen LogP contribution is -2.45. The number of hydrogen-bond donors (Lipinski definition) is 4. The number of phosphoric acid groups is 1. The van der Waals surface area contributed by atoms with E-state index in [9.17, 15) is 19.4 Å². The van der Waals surface area contributed by atoms with Gasteiger partial charge in [-0.3, -0.25) is 13.8 Å². The van der Waals surface area contributed by atoms with Crippen molar-refractivity contribution in [1.82, 2.24) is 5.32 Å². The minimum atomic E-state index is -4.34. The quantitative estimate of drug-likeness (QED) is 0.0280. The fourth-order valence-electron chi connectivity index (χ4n) is 5.98. The van der Waals surface area contributed by atoms with E-state index in [1.807, 2.05) is 6.08 Å². The molecule has 0 rings (SSSR count). The molecule has 300 valence electrons. The zero-order valence-electron chi connectivity index (χ0n) is 33.1. The second-order valence-electron chi connectivity index (χ2n) is 14.2. The number of phosphoric ester groups is 1. The molecule has 3 unspecified atom stereocenters. The van der Waals surface area contributed by atoms with Crippen molar-refractivity contribution in [2.75, 3.05) is 19.8 Å². The number of aliphatic hydroxyl groups is 1. The lowest BCUT2D eigenvalue weighted by molar-refractivity contribution is -0.123. The fraction of sp³-hybridized carbons (Fsp3) is 0.833. The fourth-order valence-corrected chi connectivity index (χ4v) is 6.74. The number of amides is 1. The van der Waals surface area contributed by atoms with Crippen molar-refractivity contribution < 1.29 is 28.4 Å². The molecule has 9 heteroatoms. The van der Waals surface area contributed by atoms with E-state index in [1.165, 1.54) is 122 Å². The first-order valence-electron chi connectivity index (χ1n) is 21.1. The Hall–Kier alpha value is -1.28. The number of nitrogens with two attached hydrogens (primary N) is 1. The zero-order valence-corrected chi connectivity index (χ0v) is 34.0. The Morgan fingerprint density at radius 2 is 1.08 bits per heavy atom. The number of nitrogens with one attached hydrogen (secondary N) is 1. The SMILES string of the molecule is CCCCCC/C=C\C/C=C\CCCCCCCCCC(=O)NC(COP(=O)(O)OCCN)C(O)/C=C/CCCCCCCCCCCCCC. The Labute approximate surface area is 314 Å². The van der Waals surface area contributed by atoms with Gasteiger partial charge in [0, 0.05) is 13.0 Å². The number of allylic oxidation sites excluding steroid dienone is 5. The second kappa shape index (κ2) is 38.4. The molecule has 8 nitrogen and oxygen atoms in total. The minimum absolute atomic E-state index is 0.0767. The third-order valence-electron chi connectivity index (χ3n) is 9.21. The number of hydrogen-bond acceptors (Lipinski definition) is 6. The monoisotopic (exact) mass is 741 g/mol. The minimum Gasteiger partial charge on any atom is -0.387 e. The van der Waals surface area contributed by atoms with Crippen LogP contribution in [0.1, 0.15) is 194 Å². The Kier molecular flexibility index (Phi) is 37.5. The van der Waals surface area contributed by atoms with E-state index in [2.05, 4.69) is 43.5 Å². The number of carbonyl (C=O) groups is 1. The highest BCUT2D eigenvalue weighted by Gasteiger charge is 2.26. The van der Waals surface area contributed by atoms with Crippen molar-refractivity contribution in [3.05, 3.63) is 36.5 Å². The molecule has 3 atom stereocenters. The van der Waals surface area contributed by atoms with E-state index >= 15 is 0 Å². The maximum Gasteiger partial charge on any atom is 0.472 e.